The van der Waals surface area contributed by atoms with E-state index >= 15 is 0 Å². The predicted octanol–water partition coefficient (Wildman–Crippen LogP) is 2.19. The normalized spacial score (nSPS) is 17.2. The molecular weight excluding hydrogens is 254 g/mol. The van der Waals surface area contributed by atoms with Gasteiger partial charge in [-0.3, -0.25) is 0 Å². The third kappa shape index (κ3) is 2.05. The van der Waals surface area contributed by atoms with Crippen LogP contribution in [0.3, 0.4) is 0 Å². The van der Waals surface area contributed by atoms with Crippen molar-refractivity contribution < 1.29 is 9.53 Å². The molecule has 0 saturated heterocycles. The lowest BCUT2D eigenvalue weighted by Crippen LogP contribution is -2.27. The molecule has 0 bridgehead atoms. The lowest BCUT2D eigenvalue weighted by molar-refractivity contribution is 0.0601. The third-order valence-corrected chi connectivity index (χ3v) is 3.70. The number of benzene rings is 1. The van der Waals surface area contributed by atoms with Gasteiger partial charge in [0.15, 0.2) is 0 Å². The quantitative estimate of drug-likeness (QED) is 0.851. The number of nitrogens with zero attached hydrogens (tertiary/aromatic N) is 2. The first-order chi connectivity index (χ1) is 9.70. The molecule has 1 aliphatic rings. The number of ether oxygens (including phenoxy) is 1. The molecule has 5 nitrogen and oxygen atoms in total. The number of aromatic nitrogens is 2. The van der Waals surface area contributed by atoms with Crippen LogP contribution in [0.25, 0.3) is 0 Å². The minimum atomic E-state index is -0.339. The molecule has 1 aliphatic heterocycles. The molecule has 1 unspecified atom stereocenters. The molecule has 20 heavy (non-hydrogen) atoms. The molecule has 2 heterocycles. The van der Waals surface area contributed by atoms with Crippen molar-refractivity contribution in [3.05, 3.63) is 47.2 Å². The summed E-state index contributed by atoms with van der Waals surface area (Å²) in [5.41, 5.74) is 2.52. The van der Waals surface area contributed by atoms with Crippen LogP contribution in [0.2, 0.25) is 0 Å². The summed E-state index contributed by atoms with van der Waals surface area (Å²) in [5.74, 6) is 0.782. The number of anilines is 1. The summed E-state index contributed by atoms with van der Waals surface area (Å²) in [6.45, 7) is 3.39. The van der Waals surface area contributed by atoms with Crippen LogP contribution in [0.5, 0.6) is 0 Å². The van der Waals surface area contributed by atoms with Crippen LogP contribution in [0, 0.1) is 6.92 Å². The Kier molecular flexibility index (Phi) is 3.18. The number of rotatable bonds is 2. The number of aryl methyl sites for hydroxylation is 1. The molecule has 1 aromatic heterocycles. The Morgan fingerprint density at radius 2 is 2.15 bits per heavy atom. The average molecular weight is 271 g/mol. The second-order valence-corrected chi connectivity index (χ2v) is 4.97. The smallest absolute Gasteiger partial charge is 0.343 e. The van der Waals surface area contributed by atoms with Crippen molar-refractivity contribution in [1.29, 1.82) is 0 Å². The molecule has 0 saturated carbocycles. The lowest BCUT2D eigenvalue weighted by atomic mass is 9.98. The molecule has 2 aromatic rings. The zero-order valence-corrected chi connectivity index (χ0v) is 11.6. The van der Waals surface area contributed by atoms with Crippen molar-refractivity contribution in [3.63, 3.8) is 0 Å². The highest BCUT2D eigenvalue weighted by Crippen LogP contribution is 2.29. The van der Waals surface area contributed by atoms with Crippen LogP contribution >= 0.6 is 0 Å². The lowest BCUT2D eigenvalue weighted by Gasteiger charge is -2.25. The third-order valence-electron chi connectivity index (χ3n) is 3.70. The Hall–Kier alpha value is -2.30. The SMILES string of the molecule is COC(=O)c1c(C)nn2c1NCC(c1ccccc1)C2. The van der Waals surface area contributed by atoms with E-state index in [1.807, 2.05) is 29.8 Å². The van der Waals surface area contributed by atoms with Gasteiger partial charge < -0.3 is 10.1 Å². The molecule has 0 aliphatic carbocycles. The average Bonchev–Trinajstić information content (AvgIpc) is 2.82. The maximum Gasteiger partial charge on any atom is 0.343 e. The molecule has 1 N–H and O–H groups in total. The van der Waals surface area contributed by atoms with Crippen molar-refractivity contribution in [2.45, 2.75) is 19.4 Å². The van der Waals surface area contributed by atoms with Gasteiger partial charge >= 0.3 is 5.97 Å². The van der Waals surface area contributed by atoms with Crippen LogP contribution in [-0.2, 0) is 11.3 Å². The summed E-state index contributed by atoms with van der Waals surface area (Å²) in [5, 5.41) is 7.76. The van der Waals surface area contributed by atoms with Gasteiger partial charge in [0.25, 0.3) is 0 Å². The van der Waals surface area contributed by atoms with Gasteiger partial charge in [-0.1, -0.05) is 30.3 Å². The van der Waals surface area contributed by atoms with Crippen molar-refractivity contribution >= 4 is 11.8 Å². The van der Waals surface area contributed by atoms with Crippen LogP contribution in [0.15, 0.2) is 30.3 Å². The van der Waals surface area contributed by atoms with Gasteiger partial charge in [-0.25, -0.2) is 9.48 Å². The number of fused-ring (bicyclic) bond motifs is 1. The fraction of sp³-hybridized carbons (Fsp3) is 0.333. The number of hydrogen-bond acceptors (Lipinski definition) is 4. The van der Waals surface area contributed by atoms with Crippen LogP contribution in [0.1, 0.15) is 27.5 Å². The fourth-order valence-electron chi connectivity index (χ4n) is 2.68. The van der Waals surface area contributed by atoms with Gasteiger partial charge in [0, 0.05) is 12.5 Å². The zero-order chi connectivity index (χ0) is 14.1. The van der Waals surface area contributed by atoms with E-state index in [1.54, 1.807) is 0 Å². The largest absolute Gasteiger partial charge is 0.465 e. The molecule has 0 radical (unpaired) electrons. The predicted molar refractivity (Wildman–Crippen MR) is 76.0 cm³/mol. The number of carbonyl (C=O) groups excluding carboxylic acids is 1. The highest BCUT2D eigenvalue weighted by molar-refractivity contribution is 5.96. The van der Waals surface area contributed by atoms with Crippen molar-refractivity contribution in [2.24, 2.45) is 0 Å². The van der Waals surface area contributed by atoms with E-state index in [0.29, 0.717) is 17.2 Å². The van der Waals surface area contributed by atoms with E-state index in [0.717, 1.165) is 18.9 Å². The maximum atomic E-state index is 11.8. The van der Waals surface area contributed by atoms with Crippen LogP contribution in [-0.4, -0.2) is 29.4 Å². The van der Waals surface area contributed by atoms with Crippen LogP contribution in [0.4, 0.5) is 5.82 Å². The Bertz CT molecular complexity index is 634. The first-order valence-corrected chi connectivity index (χ1v) is 6.65. The number of esters is 1. The fourth-order valence-corrected chi connectivity index (χ4v) is 2.68. The Balaban J connectivity index is 1.92. The highest BCUT2D eigenvalue weighted by Gasteiger charge is 2.28. The summed E-state index contributed by atoms with van der Waals surface area (Å²) in [4.78, 5) is 11.8. The van der Waals surface area contributed by atoms with Gasteiger partial charge in [0.2, 0.25) is 0 Å². The maximum absolute atomic E-state index is 11.8. The second-order valence-electron chi connectivity index (χ2n) is 4.97. The van der Waals surface area contributed by atoms with E-state index in [4.69, 9.17) is 4.74 Å². The summed E-state index contributed by atoms with van der Waals surface area (Å²) in [6, 6.07) is 10.3. The molecule has 1 atom stereocenters. The van der Waals surface area contributed by atoms with E-state index in [-0.39, 0.29) is 5.97 Å². The Labute approximate surface area is 117 Å². The van der Waals surface area contributed by atoms with E-state index in [2.05, 4.69) is 22.5 Å². The van der Waals surface area contributed by atoms with E-state index in [1.165, 1.54) is 12.7 Å². The summed E-state index contributed by atoms with van der Waals surface area (Å²) in [7, 11) is 1.39. The Morgan fingerprint density at radius 1 is 1.40 bits per heavy atom. The summed E-state index contributed by atoms with van der Waals surface area (Å²) < 4.78 is 6.68. The molecule has 3 rings (SSSR count). The molecule has 5 heteroatoms. The van der Waals surface area contributed by atoms with Crippen molar-refractivity contribution in [2.75, 3.05) is 19.0 Å². The zero-order valence-electron chi connectivity index (χ0n) is 11.6. The summed E-state index contributed by atoms with van der Waals surface area (Å²) in [6.07, 6.45) is 0. The molecule has 1 aromatic carbocycles. The first-order valence-electron chi connectivity index (χ1n) is 6.65. The second kappa shape index (κ2) is 5.00. The number of hydrogen-bond donors (Lipinski definition) is 1. The van der Waals surface area contributed by atoms with E-state index < -0.39 is 0 Å². The van der Waals surface area contributed by atoms with E-state index in [9.17, 15) is 4.79 Å². The number of carbonyl (C=O) groups is 1. The van der Waals surface area contributed by atoms with Gasteiger partial charge in [0.05, 0.1) is 19.3 Å². The van der Waals surface area contributed by atoms with Gasteiger partial charge in [-0.2, -0.15) is 5.10 Å². The molecule has 0 fully saturated rings. The minimum absolute atomic E-state index is 0.339. The molecule has 0 amide bonds. The van der Waals surface area contributed by atoms with Gasteiger partial charge in [0.1, 0.15) is 11.4 Å². The van der Waals surface area contributed by atoms with Crippen LogP contribution < -0.4 is 5.32 Å². The molecular formula is C15H17N3O2. The van der Waals surface area contributed by atoms with Crippen molar-refractivity contribution in [3.8, 4) is 0 Å². The minimum Gasteiger partial charge on any atom is -0.465 e. The topological polar surface area (TPSA) is 56.1 Å². The monoisotopic (exact) mass is 271 g/mol. The van der Waals surface area contributed by atoms with Gasteiger partial charge in [-0.05, 0) is 12.5 Å². The molecule has 104 valence electrons. The molecule has 0 spiro atoms. The number of nitrogens with one attached hydrogen (secondary N) is 1. The number of methoxy groups -OCH3 is 1. The highest BCUT2D eigenvalue weighted by atomic mass is 16.5. The Morgan fingerprint density at radius 3 is 2.85 bits per heavy atom. The van der Waals surface area contributed by atoms with Gasteiger partial charge in [-0.15, -0.1) is 0 Å². The first kappa shape index (κ1) is 12.7. The summed E-state index contributed by atoms with van der Waals surface area (Å²) >= 11 is 0. The standard InChI is InChI=1S/C15H17N3O2/c1-10-13(15(19)20-2)14-16-8-12(9-18(14)17-10)11-6-4-3-5-7-11/h3-7,12,16H,8-9H2,1-2H3. The van der Waals surface area contributed by atoms with Crippen molar-refractivity contribution in [1.82, 2.24) is 9.78 Å².